The number of rotatable bonds is 2. The van der Waals surface area contributed by atoms with Gasteiger partial charge in [0.2, 0.25) is 5.56 Å². The fourth-order valence-corrected chi connectivity index (χ4v) is 3.20. The molecule has 6 heteroatoms. The highest BCUT2D eigenvalue weighted by Crippen LogP contribution is 2.29. The lowest BCUT2D eigenvalue weighted by atomic mass is 9.85. The van der Waals surface area contributed by atoms with Crippen molar-refractivity contribution in [1.29, 1.82) is 0 Å². The quantitative estimate of drug-likeness (QED) is 0.618. The topological polar surface area (TPSA) is 62.0 Å². The van der Waals surface area contributed by atoms with Crippen LogP contribution < -0.4 is 10.9 Å². The van der Waals surface area contributed by atoms with E-state index >= 15 is 0 Å². The van der Waals surface area contributed by atoms with Crippen molar-refractivity contribution in [3.05, 3.63) is 74.0 Å². The second-order valence-electron chi connectivity index (χ2n) is 7.14. The highest BCUT2D eigenvalue weighted by Gasteiger charge is 2.18. The molecule has 2 N–H and O–H groups in total. The van der Waals surface area contributed by atoms with E-state index in [1.165, 1.54) is 6.07 Å². The number of pyridine rings is 1. The molecule has 134 valence electrons. The summed E-state index contributed by atoms with van der Waals surface area (Å²) < 4.78 is 0. The van der Waals surface area contributed by atoms with Gasteiger partial charge in [-0.1, -0.05) is 50.0 Å². The third-order valence-corrected chi connectivity index (χ3v) is 4.65. The number of aromatic amines is 1. The Bertz CT molecular complexity index is 1070. The monoisotopic (exact) mass is 388 g/mol. The second kappa shape index (κ2) is 6.78. The number of anilines is 1. The summed E-state index contributed by atoms with van der Waals surface area (Å²) in [6.45, 7) is 6.16. The maximum atomic E-state index is 12.5. The van der Waals surface area contributed by atoms with Crippen LogP contribution in [0.25, 0.3) is 10.9 Å². The number of hydrogen-bond donors (Lipinski definition) is 2. The predicted molar refractivity (Wildman–Crippen MR) is 108 cm³/mol. The Morgan fingerprint density at radius 3 is 2.46 bits per heavy atom. The molecule has 0 fully saturated rings. The van der Waals surface area contributed by atoms with E-state index in [-0.39, 0.29) is 22.4 Å². The summed E-state index contributed by atoms with van der Waals surface area (Å²) >= 11 is 12.0. The van der Waals surface area contributed by atoms with Crippen LogP contribution in [0.15, 0.2) is 47.3 Å². The molecule has 0 radical (unpaired) electrons. The van der Waals surface area contributed by atoms with E-state index in [1.54, 1.807) is 30.3 Å². The summed E-state index contributed by atoms with van der Waals surface area (Å²) in [6, 6.07) is 11.8. The second-order valence-corrected chi connectivity index (χ2v) is 7.98. The number of aromatic nitrogens is 1. The van der Waals surface area contributed by atoms with Crippen molar-refractivity contribution in [3.8, 4) is 0 Å². The maximum Gasteiger partial charge on any atom is 0.257 e. The minimum atomic E-state index is -0.369. The Balaban J connectivity index is 2.01. The zero-order valence-electron chi connectivity index (χ0n) is 14.6. The van der Waals surface area contributed by atoms with Gasteiger partial charge in [-0.15, -0.1) is 0 Å². The van der Waals surface area contributed by atoms with Gasteiger partial charge in [0.1, 0.15) is 0 Å². The van der Waals surface area contributed by atoms with Crippen molar-refractivity contribution in [1.82, 2.24) is 4.98 Å². The van der Waals surface area contributed by atoms with Crippen LogP contribution in [-0.2, 0) is 5.41 Å². The van der Waals surface area contributed by atoms with Crippen molar-refractivity contribution in [2.24, 2.45) is 0 Å². The molecular weight excluding hydrogens is 371 g/mol. The standard InChI is InChI=1S/C20H18Cl2N2O2/c1-20(2,3)15-10-18(25)24-17-9-12(5-6-13(15)17)23-19(26)14-8-11(21)4-7-16(14)22/h4-10H,1-3H3,(H,23,26)(H,24,25). The van der Waals surface area contributed by atoms with Crippen LogP contribution in [0.3, 0.4) is 0 Å². The van der Waals surface area contributed by atoms with Crippen LogP contribution in [0, 0.1) is 0 Å². The molecular formula is C20H18Cl2N2O2. The first-order valence-corrected chi connectivity index (χ1v) is 8.85. The maximum absolute atomic E-state index is 12.5. The van der Waals surface area contributed by atoms with Crippen LogP contribution >= 0.6 is 23.2 Å². The van der Waals surface area contributed by atoms with Gasteiger partial charge in [0.15, 0.2) is 0 Å². The number of hydrogen-bond acceptors (Lipinski definition) is 2. The average molecular weight is 389 g/mol. The summed E-state index contributed by atoms with van der Waals surface area (Å²) in [5, 5.41) is 4.48. The molecule has 0 aliphatic heterocycles. The fourth-order valence-electron chi connectivity index (χ4n) is 2.83. The number of amides is 1. The molecule has 0 unspecified atom stereocenters. The molecule has 1 heterocycles. The smallest absolute Gasteiger partial charge is 0.257 e. The number of nitrogens with one attached hydrogen (secondary N) is 2. The number of halogens is 2. The summed E-state index contributed by atoms with van der Waals surface area (Å²) in [5.41, 5.74) is 2.11. The van der Waals surface area contributed by atoms with Gasteiger partial charge in [0.25, 0.3) is 5.91 Å². The molecule has 1 aromatic heterocycles. The minimum Gasteiger partial charge on any atom is -0.322 e. The first kappa shape index (κ1) is 18.5. The van der Waals surface area contributed by atoms with Crippen LogP contribution in [0.1, 0.15) is 36.7 Å². The van der Waals surface area contributed by atoms with Gasteiger partial charge in [0.05, 0.1) is 16.1 Å². The number of H-pyrrole nitrogens is 1. The normalized spacial score (nSPS) is 11.6. The van der Waals surface area contributed by atoms with Crippen LogP contribution in [0.5, 0.6) is 0 Å². The largest absolute Gasteiger partial charge is 0.322 e. The number of carbonyl (C=O) groups is 1. The van der Waals surface area contributed by atoms with E-state index in [0.29, 0.717) is 21.2 Å². The predicted octanol–water partition coefficient (Wildman–Crippen LogP) is 5.38. The number of benzene rings is 2. The molecule has 1 amide bonds. The van der Waals surface area contributed by atoms with E-state index in [1.807, 2.05) is 6.07 Å². The fraction of sp³-hybridized carbons (Fsp3) is 0.200. The molecule has 3 aromatic rings. The highest BCUT2D eigenvalue weighted by atomic mass is 35.5. The first-order valence-electron chi connectivity index (χ1n) is 8.09. The van der Waals surface area contributed by atoms with Crippen molar-refractivity contribution in [2.75, 3.05) is 5.32 Å². The Morgan fingerprint density at radius 2 is 1.77 bits per heavy atom. The third-order valence-electron chi connectivity index (χ3n) is 4.08. The van der Waals surface area contributed by atoms with Gasteiger partial charge in [0, 0.05) is 22.2 Å². The zero-order chi connectivity index (χ0) is 19.1. The van der Waals surface area contributed by atoms with Gasteiger partial charge in [-0.05, 0) is 41.3 Å². The van der Waals surface area contributed by atoms with Gasteiger partial charge in [-0.25, -0.2) is 0 Å². The van der Waals surface area contributed by atoms with Gasteiger partial charge in [-0.3, -0.25) is 9.59 Å². The summed E-state index contributed by atoms with van der Waals surface area (Å²) in [4.78, 5) is 27.3. The Labute approximate surface area is 161 Å². The molecule has 0 aliphatic rings. The van der Waals surface area contributed by atoms with E-state index < -0.39 is 0 Å². The highest BCUT2D eigenvalue weighted by molar-refractivity contribution is 6.36. The molecule has 0 bridgehead atoms. The molecule has 3 rings (SSSR count). The average Bonchev–Trinajstić information content (AvgIpc) is 2.55. The molecule has 0 aliphatic carbocycles. The van der Waals surface area contributed by atoms with E-state index in [9.17, 15) is 9.59 Å². The van der Waals surface area contributed by atoms with Crippen molar-refractivity contribution < 1.29 is 4.79 Å². The van der Waals surface area contributed by atoms with E-state index in [2.05, 4.69) is 31.1 Å². The van der Waals surface area contributed by atoms with E-state index in [0.717, 1.165) is 10.9 Å². The molecule has 4 nitrogen and oxygen atoms in total. The minimum absolute atomic E-state index is 0.175. The van der Waals surface area contributed by atoms with E-state index in [4.69, 9.17) is 23.2 Å². The van der Waals surface area contributed by atoms with Gasteiger partial charge < -0.3 is 10.3 Å². The zero-order valence-corrected chi connectivity index (χ0v) is 16.1. The Hall–Kier alpha value is -2.30. The molecule has 0 saturated carbocycles. The van der Waals surface area contributed by atoms with Crippen LogP contribution in [-0.4, -0.2) is 10.9 Å². The van der Waals surface area contributed by atoms with Crippen molar-refractivity contribution >= 4 is 45.7 Å². The molecule has 0 spiro atoms. The Morgan fingerprint density at radius 1 is 1.04 bits per heavy atom. The lowest BCUT2D eigenvalue weighted by Gasteiger charge is -2.21. The molecule has 26 heavy (non-hydrogen) atoms. The lowest BCUT2D eigenvalue weighted by molar-refractivity contribution is 0.102. The number of fused-ring (bicyclic) bond motifs is 1. The van der Waals surface area contributed by atoms with Crippen molar-refractivity contribution in [2.45, 2.75) is 26.2 Å². The molecule has 0 saturated heterocycles. The molecule has 2 aromatic carbocycles. The Kier molecular flexibility index (Phi) is 4.82. The van der Waals surface area contributed by atoms with Crippen molar-refractivity contribution in [3.63, 3.8) is 0 Å². The SMILES string of the molecule is CC(C)(C)c1cc(=O)[nH]c2cc(NC(=O)c3cc(Cl)ccc3Cl)ccc12. The van der Waals surface area contributed by atoms with Crippen LogP contribution in [0.2, 0.25) is 10.0 Å². The lowest BCUT2D eigenvalue weighted by Crippen LogP contribution is -2.17. The molecule has 0 atom stereocenters. The third kappa shape index (κ3) is 3.76. The number of carbonyl (C=O) groups excluding carboxylic acids is 1. The summed E-state index contributed by atoms with van der Waals surface area (Å²) in [5.74, 6) is -0.369. The van der Waals surface area contributed by atoms with Crippen LogP contribution in [0.4, 0.5) is 5.69 Å². The van der Waals surface area contributed by atoms with Gasteiger partial charge in [-0.2, -0.15) is 0 Å². The van der Waals surface area contributed by atoms with Gasteiger partial charge >= 0.3 is 0 Å². The first-order chi connectivity index (χ1) is 12.1. The summed E-state index contributed by atoms with van der Waals surface area (Å²) in [6.07, 6.45) is 0. The summed E-state index contributed by atoms with van der Waals surface area (Å²) in [7, 11) is 0.